The van der Waals surface area contributed by atoms with Crippen LogP contribution in [0, 0.1) is 58.2 Å². The predicted octanol–water partition coefficient (Wildman–Crippen LogP) is 4.33. The van der Waals surface area contributed by atoms with E-state index in [0.29, 0.717) is 12.3 Å². The van der Waals surface area contributed by atoms with Crippen LogP contribution in [-0.4, -0.2) is 44.7 Å². The number of rotatable bonds is 5. The lowest BCUT2D eigenvalue weighted by Crippen LogP contribution is -2.65. The van der Waals surface area contributed by atoms with Gasteiger partial charge in [0.25, 0.3) is 0 Å². The first kappa shape index (κ1) is 24.5. The van der Waals surface area contributed by atoms with Gasteiger partial charge in [-0.25, -0.2) is 0 Å². The molecule has 3 unspecified atom stereocenters. The lowest BCUT2D eigenvalue weighted by molar-refractivity contribution is -0.228. The normalized spacial score (nSPS) is 52.4. The van der Waals surface area contributed by atoms with Gasteiger partial charge in [0.05, 0.1) is 24.2 Å². The van der Waals surface area contributed by atoms with Gasteiger partial charge in [-0.05, 0) is 97.2 Å². The quantitative estimate of drug-likeness (QED) is 0.500. The second-order valence-corrected chi connectivity index (χ2v) is 12.6. The van der Waals surface area contributed by atoms with Crippen LogP contribution in [0.2, 0.25) is 0 Å². The Kier molecular flexibility index (Phi) is 6.53. The lowest BCUT2D eigenvalue weighted by Gasteiger charge is -2.65. The van der Waals surface area contributed by atoms with Crippen molar-refractivity contribution in [1.82, 2.24) is 0 Å². The van der Waals surface area contributed by atoms with Crippen LogP contribution in [0.1, 0.15) is 86.0 Å². The van der Waals surface area contributed by atoms with Gasteiger partial charge < -0.3 is 20.4 Å². The summed E-state index contributed by atoms with van der Waals surface area (Å²) in [6, 6.07) is 0. The topological polar surface area (TPSA) is 98.0 Å². The average Bonchev–Trinajstić information content (AvgIpc) is 3.09. The molecule has 0 radical (unpaired) electrons. The van der Waals surface area contributed by atoms with Crippen molar-refractivity contribution in [2.24, 2.45) is 58.2 Å². The van der Waals surface area contributed by atoms with E-state index in [-0.39, 0.29) is 64.5 Å². The summed E-state index contributed by atoms with van der Waals surface area (Å²) in [4.78, 5) is 11.5. The molecule has 4 N–H and O–H groups in total. The van der Waals surface area contributed by atoms with Crippen LogP contribution >= 0.6 is 0 Å². The highest BCUT2D eigenvalue weighted by atomic mass is 16.4. The zero-order chi connectivity index (χ0) is 23.6. The maximum atomic E-state index is 11.8. The number of aliphatic hydroxyl groups excluding tert-OH is 3. The Hall–Kier alpha value is -0.650. The Balaban J connectivity index is 1.66. The average molecular weight is 451 g/mol. The Bertz CT molecular complexity index is 710. The minimum atomic E-state index is -0.743. The molecule has 0 aromatic rings. The summed E-state index contributed by atoms with van der Waals surface area (Å²) in [7, 11) is 0. The molecular weight excluding hydrogens is 404 g/mol. The van der Waals surface area contributed by atoms with Crippen molar-refractivity contribution >= 4 is 5.97 Å². The van der Waals surface area contributed by atoms with Crippen molar-refractivity contribution in [2.75, 3.05) is 0 Å². The van der Waals surface area contributed by atoms with E-state index in [1.54, 1.807) is 6.92 Å². The molecule has 0 bridgehead atoms. The summed E-state index contributed by atoms with van der Waals surface area (Å²) in [6.45, 7) is 10.8. The molecule has 5 heteroatoms. The number of hydrogen-bond acceptors (Lipinski definition) is 4. The van der Waals surface area contributed by atoms with E-state index in [1.807, 2.05) is 0 Å². The molecule has 0 aromatic heterocycles. The lowest BCUT2D eigenvalue weighted by atomic mass is 9.41. The van der Waals surface area contributed by atoms with E-state index < -0.39 is 12.1 Å². The molecule has 0 aliphatic heterocycles. The van der Waals surface area contributed by atoms with Gasteiger partial charge in [-0.2, -0.15) is 0 Å². The molecule has 4 rings (SSSR count). The molecule has 32 heavy (non-hydrogen) atoms. The molecule has 4 saturated carbocycles. The van der Waals surface area contributed by atoms with Gasteiger partial charge >= 0.3 is 5.97 Å². The third-order valence-corrected chi connectivity index (χ3v) is 11.4. The SMILES string of the molecule is CC[C@H]1[C@H](O)C2C3CC[C@H]([C@@H](C)C[C@@H](C)C(=O)O)[C@@]3(C)[C@@H](O)CC2[C@@]2(C)CC[C@@H](O)C[C@@H]12. The molecule has 0 aromatic carbocycles. The molecular formula is C27H46O5. The van der Waals surface area contributed by atoms with E-state index in [4.69, 9.17) is 0 Å². The summed E-state index contributed by atoms with van der Waals surface area (Å²) in [5, 5.41) is 43.3. The number of aliphatic hydroxyl groups is 3. The minimum absolute atomic E-state index is 0.0631. The number of carbonyl (C=O) groups is 1. The molecule has 0 amide bonds. The van der Waals surface area contributed by atoms with E-state index in [9.17, 15) is 25.2 Å². The maximum absolute atomic E-state index is 11.8. The molecule has 4 fully saturated rings. The van der Waals surface area contributed by atoms with Gasteiger partial charge in [-0.3, -0.25) is 4.79 Å². The van der Waals surface area contributed by atoms with Gasteiger partial charge in [0.1, 0.15) is 0 Å². The van der Waals surface area contributed by atoms with Crippen LogP contribution < -0.4 is 0 Å². The standard InChI is InChI=1S/C27H46O5/c1-6-17-20-12-16(28)9-10-26(20,4)21-13-22(29)27(5)18(14(2)11-15(3)25(31)32)7-8-19(27)23(21)24(17)30/h14-24,28-30H,6-13H2,1-5H3,(H,31,32)/t14-,15+,16+,17+,18+,19?,20-,21?,22-,23?,24-,26-,27+/m0/s1. The van der Waals surface area contributed by atoms with Crippen LogP contribution in [-0.2, 0) is 4.79 Å². The summed E-state index contributed by atoms with van der Waals surface area (Å²) in [6.07, 6.45) is 5.85. The number of aliphatic carboxylic acids is 1. The zero-order valence-electron chi connectivity index (χ0n) is 20.7. The van der Waals surface area contributed by atoms with Gasteiger partial charge in [-0.1, -0.05) is 41.0 Å². The predicted molar refractivity (Wildman–Crippen MR) is 124 cm³/mol. The molecule has 5 nitrogen and oxygen atoms in total. The van der Waals surface area contributed by atoms with E-state index in [1.165, 1.54) is 0 Å². The zero-order valence-corrected chi connectivity index (χ0v) is 20.7. The monoisotopic (exact) mass is 450 g/mol. The van der Waals surface area contributed by atoms with Crippen molar-refractivity contribution in [2.45, 2.75) is 104 Å². The Morgan fingerprint density at radius 1 is 1.00 bits per heavy atom. The fourth-order valence-corrected chi connectivity index (χ4v) is 9.71. The smallest absolute Gasteiger partial charge is 0.306 e. The van der Waals surface area contributed by atoms with Gasteiger partial charge in [0.15, 0.2) is 0 Å². The van der Waals surface area contributed by atoms with Gasteiger partial charge in [-0.15, -0.1) is 0 Å². The summed E-state index contributed by atoms with van der Waals surface area (Å²) >= 11 is 0. The molecule has 0 heterocycles. The fourth-order valence-electron chi connectivity index (χ4n) is 9.71. The molecule has 13 atom stereocenters. The van der Waals surface area contributed by atoms with Crippen LogP contribution in [0.5, 0.6) is 0 Å². The Morgan fingerprint density at radius 2 is 1.69 bits per heavy atom. The third kappa shape index (κ3) is 3.48. The summed E-state index contributed by atoms with van der Waals surface area (Å²) < 4.78 is 0. The van der Waals surface area contributed by atoms with Crippen LogP contribution in [0.3, 0.4) is 0 Å². The van der Waals surface area contributed by atoms with E-state index in [2.05, 4.69) is 27.7 Å². The van der Waals surface area contributed by atoms with Crippen molar-refractivity contribution in [1.29, 1.82) is 0 Å². The Labute approximate surface area is 194 Å². The number of carboxylic acids is 1. The largest absolute Gasteiger partial charge is 0.481 e. The molecule has 4 aliphatic rings. The fraction of sp³-hybridized carbons (Fsp3) is 0.963. The van der Waals surface area contributed by atoms with Crippen LogP contribution in [0.4, 0.5) is 0 Å². The molecule has 0 saturated heterocycles. The summed E-state index contributed by atoms with van der Waals surface area (Å²) in [5.41, 5.74) is -0.205. The first-order valence-corrected chi connectivity index (χ1v) is 13.2. The highest BCUT2D eigenvalue weighted by Gasteiger charge is 2.67. The molecule has 0 spiro atoms. The highest BCUT2D eigenvalue weighted by molar-refractivity contribution is 5.69. The van der Waals surface area contributed by atoms with Crippen molar-refractivity contribution in [3.63, 3.8) is 0 Å². The second-order valence-electron chi connectivity index (χ2n) is 12.6. The maximum Gasteiger partial charge on any atom is 0.306 e. The van der Waals surface area contributed by atoms with Crippen molar-refractivity contribution in [3.8, 4) is 0 Å². The van der Waals surface area contributed by atoms with Crippen LogP contribution in [0.15, 0.2) is 0 Å². The summed E-state index contributed by atoms with van der Waals surface area (Å²) in [5.74, 6) is 0.687. The van der Waals surface area contributed by atoms with E-state index in [0.717, 1.165) is 44.9 Å². The molecule has 184 valence electrons. The Morgan fingerprint density at radius 3 is 2.31 bits per heavy atom. The third-order valence-electron chi connectivity index (χ3n) is 11.4. The van der Waals surface area contributed by atoms with Gasteiger partial charge in [0, 0.05) is 0 Å². The number of hydrogen-bond donors (Lipinski definition) is 4. The second kappa shape index (κ2) is 8.53. The van der Waals surface area contributed by atoms with Crippen LogP contribution in [0.25, 0.3) is 0 Å². The van der Waals surface area contributed by atoms with E-state index >= 15 is 0 Å². The first-order valence-electron chi connectivity index (χ1n) is 13.2. The first-order chi connectivity index (χ1) is 15.0. The number of fused-ring (bicyclic) bond motifs is 5. The van der Waals surface area contributed by atoms with Gasteiger partial charge in [0.2, 0.25) is 0 Å². The minimum Gasteiger partial charge on any atom is -0.481 e. The van der Waals surface area contributed by atoms with Crippen molar-refractivity contribution < 1.29 is 25.2 Å². The number of carboxylic acid groups (broad SMARTS) is 1. The highest BCUT2D eigenvalue weighted by Crippen LogP contribution is 2.69. The van der Waals surface area contributed by atoms with Crippen molar-refractivity contribution in [3.05, 3.63) is 0 Å². The molecule has 4 aliphatic carbocycles.